The van der Waals surface area contributed by atoms with Crippen molar-refractivity contribution in [3.8, 4) is 0 Å². The Kier molecular flexibility index (Phi) is 3.75. The van der Waals surface area contributed by atoms with Gasteiger partial charge in [-0.3, -0.25) is 0 Å². The molecule has 148 valence electrons. The Hall–Kier alpha value is -3.95. The molecule has 0 aromatic heterocycles. The molecule has 0 aromatic rings. The molecular weight excluding hydrogens is 384 g/mol. The summed E-state index contributed by atoms with van der Waals surface area (Å²) in [7, 11) is 0. The van der Waals surface area contributed by atoms with Gasteiger partial charge < -0.3 is 0 Å². The van der Waals surface area contributed by atoms with E-state index in [0.717, 1.165) is 19.3 Å². The summed E-state index contributed by atoms with van der Waals surface area (Å²) >= 11 is 0. The zero-order valence-corrected chi connectivity index (χ0v) is 17.8. The van der Waals surface area contributed by atoms with Crippen molar-refractivity contribution in [2.75, 3.05) is 0 Å². The predicted octanol–water partition coefficient (Wildman–Crippen LogP) is 7.29. The van der Waals surface area contributed by atoms with Crippen LogP contribution in [0.3, 0.4) is 0 Å². The molecule has 32 heavy (non-hydrogen) atoms. The van der Waals surface area contributed by atoms with Gasteiger partial charge in [-0.2, -0.15) is 0 Å². The van der Waals surface area contributed by atoms with E-state index in [1.807, 2.05) is 0 Å². The molecule has 0 amide bonds. The van der Waals surface area contributed by atoms with E-state index in [9.17, 15) is 0 Å². The lowest BCUT2D eigenvalue weighted by atomic mass is 9.75. The van der Waals surface area contributed by atoms with Crippen molar-refractivity contribution < 1.29 is 0 Å². The molecule has 0 nitrogen and oxygen atoms in total. The first-order valence-electron chi connectivity index (χ1n) is 11.3. The van der Waals surface area contributed by atoms with Crippen LogP contribution in [0.1, 0.15) is 19.3 Å². The van der Waals surface area contributed by atoms with Crippen molar-refractivity contribution >= 4 is 0 Å². The molecule has 0 heteroatoms. The molecule has 0 unspecified atom stereocenters. The molecule has 7 aliphatic carbocycles. The van der Waals surface area contributed by atoms with Gasteiger partial charge in [0.2, 0.25) is 0 Å². The fourth-order valence-corrected chi connectivity index (χ4v) is 5.57. The van der Waals surface area contributed by atoms with E-state index in [2.05, 4.69) is 104 Å². The summed E-state index contributed by atoms with van der Waals surface area (Å²) in [4.78, 5) is 0. The zero-order chi connectivity index (χ0) is 21.1. The second-order valence-electron chi connectivity index (χ2n) is 8.97. The molecule has 0 bridgehead atoms. The van der Waals surface area contributed by atoms with Gasteiger partial charge in [-0.05, 0) is 41.4 Å². The Morgan fingerprint density at radius 3 is 2.78 bits per heavy atom. The Balaban J connectivity index is 1.19. The molecular formula is C32H21+. The Labute approximate surface area is 189 Å². The number of hydrogen-bond acceptors (Lipinski definition) is 0. The van der Waals surface area contributed by atoms with Crippen molar-refractivity contribution in [3.05, 3.63) is 171 Å². The maximum Gasteiger partial charge on any atom is 0.106 e. The molecule has 0 heterocycles. The van der Waals surface area contributed by atoms with E-state index >= 15 is 0 Å². The first kappa shape index (κ1) is 17.7. The highest BCUT2D eigenvalue weighted by atomic mass is 14.3. The third kappa shape index (κ3) is 2.68. The SMILES string of the molecule is C1=CC=C2CC(C3=C[CH+]C(=C4C=C5C=C[CH-]C6=C=C[CH+]C(=C65)C4)C=C3)=CC3=C2C=1C=CC3. The predicted molar refractivity (Wildman–Crippen MR) is 131 cm³/mol. The first-order valence-corrected chi connectivity index (χ1v) is 11.3. The molecule has 0 N–H and O–H groups in total. The highest BCUT2D eigenvalue weighted by molar-refractivity contribution is 5.71. The molecule has 7 aliphatic rings. The number of allylic oxidation sites excluding steroid dienone is 22. The Bertz CT molecular complexity index is 1440. The second kappa shape index (κ2) is 6.78. The molecule has 0 saturated carbocycles. The van der Waals surface area contributed by atoms with Gasteiger partial charge in [0.25, 0.3) is 0 Å². The van der Waals surface area contributed by atoms with E-state index in [0.29, 0.717) is 0 Å². The first-order chi connectivity index (χ1) is 15.8. The van der Waals surface area contributed by atoms with Gasteiger partial charge in [-0.15, -0.1) is 17.9 Å². The minimum absolute atomic E-state index is 0.973. The van der Waals surface area contributed by atoms with Crippen LogP contribution in [0.2, 0.25) is 0 Å². The van der Waals surface area contributed by atoms with Gasteiger partial charge >= 0.3 is 0 Å². The van der Waals surface area contributed by atoms with Gasteiger partial charge in [0.15, 0.2) is 0 Å². The smallest absolute Gasteiger partial charge is 0.106 e. The molecule has 0 atom stereocenters. The molecule has 0 spiro atoms. The highest BCUT2D eigenvalue weighted by Gasteiger charge is 2.32. The summed E-state index contributed by atoms with van der Waals surface area (Å²) in [6.45, 7) is 0. The van der Waals surface area contributed by atoms with Gasteiger partial charge in [0.1, 0.15) is 11.6 Å². The standard InChI is InChI=1S/C32H21/c1-5-23-6-2-10-26-18-29(17-25(9-1)31(23)26)21-13-15-22(16-14-21)30-19-27-11-3-7-24-8-4-12-28(20-30)32(24)27/h1-5,7,9-10,12-17,19H,11,18,20H2/q+1. The lowest BCUT2D eigenvalue weighted by Gasteiger charge is -2.26. The van der Waals surface area contributed by atoms with E-state index in [4.69, 9.17) is 0 Å². The summed E-state index contributed by atoms with van der Waals surface area (Å²) in [5.41, 5.74) is 23.0. The maximum absolute atomic E-state index is 3.40. The van der Waals surface area contributed by atoms with Crippen LogP contribution in [-0.4, -0.2) is 0 Å². The van der Waals surface area contributed by atoms with Crippen LogP contribution in [0.25, 0.3) is 0 Å². The van der Waals surface area contributed by atoms with Gasteiger partial charge in [-0.1, -0.05) is 24.6 Å². The molecule has 0 aliphatic heterocycles. The summed E-state index contributed by atoms with van der Waals surface area (Å²) in [6.07, 6.45) is 36.5. The molecule has 0 fully saturated rings. The number of rotatable bonds is 1. The average Bonchev–Trinajstić information content (AvgIpc) is 2.85. The van der Waals surface area contributed by atoms with Crippen molar-refractivity contribution in [2.45, 2.75) is 19.3 Å². The fourth-order valence-electron chi connectivity index (χ4n) is 5.57. The van der Waals surface area contributed by atoms with Gasteiger partial charge in [0, 0.05) is 59.1 Å². The van der Waals surface area contributed by atoms with E-state index in [1.54, 1.807) is 0 Å². The summed E-state index contributed by atoms with van der Waals surface area (Å²) in [5, 5.41) is 0. The van der Waals surface area contributed by atoms with Crippen LogP contribution >= 0.6 is 0 Å². The minimum Gasteiger partial charge on any atom is -0.138 e. The lowest BCUT2D eigenvalue weighted by Crippen LogP contribution is -2.11. The Morgan fingerprint density at radius 2 is 1.84 bits per heavy atom. The summed E-state index contributed by atoms with van der Waals surface area (Å²) < 4.78 is 0. The minimum atomic E-state index is 0.973. The normalized spacial score (nSPS) is 26.0. The molecule has 0 aromatic carbocycles. The van der Waals surface area contributed by atoms with Crippen LogP contribution < -0.4 is 0 Å². The van der Waals surface area contributed by atoms with E-state index < -0.39 is 0 Å². The van der Waals surface area contributed by atoms with Crippen LogP contribution in [0.5, 0.6) is 0 Å². The van der Waals surface area contributed by atoms with Gasteiger partial charge in [0.05, 0.1) is 35.1 Å². The monoisotopic (exact) mass is 405 g/mol. The van der Waals surface area contributed by atoms with Crippen molar-refractivity contribution in [3.63, 3.8) is 0 Å². The fraction of sp³-hybridized carbons (Fsp3) is 0.0938. The topological polar surface area (TPSA) is 0 Å². The van der Waals surface area contributed by atoms with Crippen LogP contribution in [0.4, 0.5) is 0 Å². The highest BCUT2D eigenvalue weighted by Crippen LogP contribution is 2.44. The zero-order valence-electron chi connectivity index (χ0n) is 17.8. The quantitative estimate of drug-likeness (QED) is 0.317. The van der Waals surface area contributed by atoms with Crippen molar-refractivity contribution in [2.24, 2.45) is 0 Å². The molecule has 0 radical (unpaired) electrons. The van der Waals surface area contributed by atoms with Crippen LogP contribution in [0, 0.1) is 19.3 Å². The van der Waals surface area contributed by atoms with Gasteiger partial charge in [-0.25, -0.2) is 0 Å². The Morgan fingerprint density at radius 1 is 0.844 bits per heavy atom. The summed E-state index contributed by atoms with van der Waals surface area (Å²) in [5.74, 6) is 0. The molecule has 7 rings (SSSR count). The molecule has 0 saturated heterocycles. The second-order valence-corrected chi connectivity index (χ2v) is 8.97. The van der Waals surface area contributed by atoms with E-state index in [-0.39, 0.29) is 0 Å². The largest absolute Gasteiger partial charge is 0.138 e. The van der Waals surface area contributed by atoms with Crippen molar-refractivity contribution in [1.29, 1.82) is 0 Å². The van der Waals surface area contributed by atoms with E-state index in [1.165, 1.54) is 66.9 Å². The average molecular weight is 406 g/mol. The third-order valence-corrected chi connectivity index (χ3v) is 7.06. The van der Waals surface area contributed by atoms with Crippen LogP contribution in [-0.2, 0) is 0 Å². The maximum atomic E-state index is 3.40. The van der Waals surface area contributed by atoms with Crippen LogP contribution in [0.15, 0.2) is 151 Å². The lowest BCUT2D eigenvalue weighted by molar-refractivity contribution is 1.04. The summed E-state index contributed by atoms with van der Waals surface area (Å²) in [6, 6.07) is 0. The number of hydrogen-bond donors (Lipinski definition) is 0. The third-order valence-electron chi connectivity index (χ3n) is 7.06. The van der Waals surface area contributed by atoms with Crippen molar-refractivity contribution in [1.82, 2.24) is 0 Å².